The zero-order valence-corrected chi connectivity index (χ0v) is 19.2. The van der Waals surface area contributed by atoms with Crippen LogP contribution >= 0.6 is 0 Å². The minimum absolute atomic E-state index is 0.0271. The Kier molecular flexibility index (Phi) is 7.89. The van der Waals surface area contributed by atoms with E-state index in [0.717, 1.165) is 25.0 Å². The Morgan fingerprint density at radius 2 is 2.00 bits per heavy atom. The summed E-state index contributed by atoms with van der Waals surface area (Å²) in [5.74, 6) is 0.168. The molecule has 1 fully saturated rings. The van der Waals surface area contributed by atoms with Gasteiger partial charge in [-0.15, -0.1) is 0 Å². The molecule has 1 heterocycles. The quantitative estimate of drug-likeness (QED) is 0.525. The number of hydrogen-bond donors (Lipinski definition) is 3. The van der Waals surface area contributed by atoms with E-state index < -0.39 is 9.84 Å². The Hall–Kier alpha value is -2.88. The Labute approximate surface area is 188 Å². The molecule has 0 bridgehead atoms. The highest BCUT2D eigenvalue weighted by Crippen LogP contribution is 2.35. The van der Waals surface area contributed by atoms with Crippen molar-refractivity contribution in [2.24, 2.45) is 0 Å². The van der Waals surface area contributed by atoms with Crippen LogP contribution < -0.4 is 10.6 Å². The average molecular weight is 463 g/mol. The topological polar surface area (TPSA) is 130 Å². The molecule has 32 heavy (non-hydrogen) atoms. The summed E-state index contributed by atoms with van der Waals surface area (Å²) in [5.41, 5.74) is 1.33. The number of rotatable bonds is 9. The summed E-state index contributed by atoms with van der Waals surface area (Å²) in [7, 11) is -3.42. The Bertz CT molecular complexity index is 1050. The molecule has 10 heteroatoms. The first-order chi connectivity index (χ1) is 15.3. The molecule has 174 valence electrons. The molecular formula is C22H30N4O5S. The van der Waals surface area contributed by atoms with E-state index in [-0.39, 0.29) is 41.1 Å². The molecule has 1 saturated carbocycles. The molecule has 3 N–H and O–H groups in total. The van der Waals surface area contributed by atoms with E-state index in [1.807, 2.05) is 6.92 Å². The van der Waals surface area contributed by atoms with Crippen molar-refractivity contribution in [2.45, 2.75) is 62.9 Å². The zero-order chi connectivity index (χ0) is 23.1. The molecule has 0 aliphatic heterocycles. The molecule has 0 spiro atoms. The molecule has 2 aromatic rings. The molecule has 3 rings (SSSR count). The van der Waals surface area contributed by atoms with E-state index in [4.69, 9.17) is 4.74 Å². The summed E-state index contributed by atoms with van der Waals surface area (Å²) in [6.07, 6.45) is 2.57. The van der Waals surface area contributed by atoms with Gasteiger partial charge in [-0.1, -0.05) is 32.0 Å². The van der Waals surface area contributed by atoms with Crippen molar-refractivity contribution in [2.75, 3.05) is 17.6 Å². The first-order valence-corrected chi connectivity index (χ1v) is 12.6. The van der Waals surface area contributed by atoms with Gasteiger partial charge in [-0.2, -0.15) is 5.10 Å². The van der Waals surface area contributed by atoms with Crippen molar-refractivity contribution >= 4 is 27.7 Å². The van der Waals surface area contributed by atoms with E-state index in [1.165, 1.54) is 6.07 Å². The zero-order valence-electron chi connectivity index (χ0n) is 18.4. The van der Waals surface area contributed by atoms with Gasteiger partial charge in [0, 0.05) is 24.2 Å². The maximum atomic E-state index is 12.5. The number of hydrogen-bond acceptors (Lipinski definition) is 6. The summed E-state index contributed by atoms with van der Waals surface area (Å²) in [4.78, 5) is 24.4. The number of carbonyl (C=O) groups excluding carboxylic acids is 2. The van der Waals surface area contributed by atoms with Crippen LogP contribution in [-0.4, -0.2) is 49.0 Å². The van der Waals surface area contributed by atoms with Crippen LogP contribution in [0.4, 0.5) is 10.6 Å². The van der Waals surface area contributed by atoms with Gasteiger partial charge < -0.3 is 15.4 Å². The Morgan fingerprint density at radius 3 is 2.75 bits per heavy atom. The number of H-pyrrole nitrogens is 1. The molecule has 0 saturated heterocycles. The number of benzene rings is 1. The van der Waals surface area contributed by atoms with Crippen molar-refractivity contribution in [1.82, 2.24) is 15.5 Å². The standard InChI is InChI=1S/C22H30N4O5S/c1-3-11-23-22(28)31-17-10-9-15(12-17)18-14-20(26-25-18)24-21(27)13-16-7-5-6-8-19(16)32(29,30)4-2/h5-8,14-15,17H,3-4,9-13H2,1-2H3,(H,23,28)(H2,24,25,26,27)/t15-,17?/m0/s1. The molecule has 1 aromatic carbocycles. The lowest BCUT2D eigenvalue weighted by molar-refractivity contribution is -0.115. The van der Waals surface area contributed by atoms with Gasteiger partial charge in [0.1, 0.15) is 6.10 Å². The summed E-state index contributed by atoms with van der Waals surface area (Å²) >= 11 is 0. The second-order valence-corrected chi connectivity index (χ2v) is 10.2. The predicted molar refractivity (Wildman–Crippen MR) is 120 cm³/mol. The fourth-order valence-electron chi connectivity index (χ4n) is 3.83. The van der Waals surface area contributed by atoms with Gasteiger partial charge in [0.25, 0.3) is 0 Å². The lowest BCUT2D eigenvalue weighted by Gasteiger charge is -2.12. The number of ether oxygens (including phenoxy) is 1. The summed E-state index contributed by atoms with van der Waals surface area (Å²) < 4.78 is 30.0. The van der Waals surface area contributed by atoms with Crippen molar-refractivity contribution in [3.05, 3.63) is 41.6 Å². The van der Waals surface area contributed by atoms with E-state index >= 15 is 0 Å². The maximum Gasteiger partial charge on any atom is 0.407 e. The number of alkyl carbamates (subject to hydrolysis) is 1. The van der Waals surface area contributed by atoms with Crippen molar-refractivity contribution in [1.29, 1.82) is 0 Å². The molecule has 1 aliphatic rings. The van der Waals surface area contributed by atoms with E-state index in [2.05, 4.69) is 20.8 Å². The van der Waals surface area contributed by atoms with Crippen LogP contribution in [0.15, 0.2) is 35.2 Å². The third kappa shape index (κ3) is 6.09. The fraction of sp³-hybridized carbons (Fsp3) is 0.500. The predicted octanol–water partition coefficient (Wildman–Crippen LogP) is 3.16. The third-order valence-corrected chi connectivity index (χ3v) is 7.35. The first-order valence-electron chi connectivity index (χ1n) is 10.9. The second-order valence-electron chi connectivity index (χ2n) is 7.91. The van der Waals surface area contributed by atoms with Crippen LogP contribution in [0.5, 0.6) is 0 Å². The van der Waals surface area contributed by atoms with Crippen LogP contribution in [0.3, 0.4) is 0 Å². The fourth-order valence-corrected chi connectivity index (χ4v) is 4.96. The molecule has 2 atom stereocenters. The SMILES string of the molecule is CCCNC(=O)OC1CC[C@H](c2cc(NC(=O)Cc3ccccc3S(=O)(=O)CC)n[nH]2)C1. The minimum atomic E-state index is -3.42. The summed E-state index contributed by atoms with van der Waals surface area (Å²) in [6.45, 7) is 4.15. The highest BCUT2D eigenvalue weighted by atomic mass is 32.2. The van der Waals surface area contributed by atoms with Crippen LogP contribution in [-0.2, 0) is 25.8 Å². The van der Waals surface area contributed by atoms with Gasteiger partial charge >= 0.3 is 6.09 Å². The number of nitrogens with zero attached hydrogens (tertiary/aromatic N) is 1. The number of aromatic amines is 1. The van der Waals surface area contributed by atoms with Crippen LogP contribution in [0, 0.1) is 0 Å². The number of anilines is 1. The monoisotopic (exact) mass is 462 g/mol. The number of amides is 2. The van der Waals surface area contributed by atoms with Gasteiger partial charge in [-0.05, 0) is 37.3 Å². The lowest BCUT2D eigenvalue weighted by Crippen LogP contribution is -2.28. The second kappa shape index (κ2) is 10.6. The number of sulfone groups is 1. The minimum Gasteiger partial charge on any atom is -0.446 e. The van der Waals surface area contributed by atoms with Crippen molar-refractivity contribution in [3.63, 3.8) is 0 Å². The number of aromatic nitrogens is 2. The largest absolute Gasteiger partial charge is 0.446 e. The Balaban J connectivity index is 1.56. The van der Waals surface area contributed by atoms with E-state index in [0.29, 0.717) is 24.3 Å². The van der Waals surface area contributed by atoms with Gasteiger partial charge in [-0.25, -0.2) is 13.2 Å². The lowest BCUT2D eigenvalue weighted by atomic mass is 10.0. The summed E-state index contributed by atoms with van der Waals surface area (Å²) in [5, 5.41) is 12.5. The average Bonchev–Trinajstić information content (AvgIpc) is 3.42. The third-order valence-electron chi connectivity index (χ3n) is 5.52. The first kappa shape index (κ1) is 23.8. The van der Waals surface area contributed by atoms with E-state index in [1.54, 1.807) is 31.2 Å². The highest BCUT2D eigenvalue weighted by Gasteiger charge is 2.30. The number of nitrogens with one attached hydrogen (secondary N) is 3. The maximum absolute atomic E-state index is 12.5. The van der Waals surface area contributed by atoms with Gasteiger partial charge in [-0.3, -0.25) is 9.89 Å². The Morgan fingerprint density at radius 1 is 1.22 bits per heavy atom. The number of carbonyl (C=O) groups is 2. The van der Waals surface area contributed by atoms with Crippen LogP contribution in [0.25, 0.3) is 0 Å². The molecule has 1 unspecified atom stereocenters. The molecule has 1 aromatic heterocycles. The van der Waals surface area contributed by atoms with Gasteiger partial charge in [0.05, 0.1) is 17.1 Å². The van der Waals surface area contributed by atoms with Crippen LogP contribution in [0.1, 0.15) is 56.7 Å². The highest BCUT2D eigenvalue weighted by molar-refractivity contribution is 7.91. The van der Waals surface area contributed by atoms with Crippen LogP contribution in [0.2, 0.25) is 0 Å². The summed E-state index contributed by atoms with van der Waals surface area (Å²) in [6, 6.07) is 8.31. The van der Waals surface area contributed by atoms with Crippen molar-refractivity contribution < 1.29 is 22.7 Å². The normalized spacial score (nSPS) is 18.3. The molecular weight excluding hydrogens is 432 g/mol. The smallest absolute Gasteiger partial charge is 0.407 e. The van der Waals surface area contributed by atoms with E-state index in [9.17, 15) is 18.0 Å². The van der Waals surface area contributed by atoms with Gasteiger partial charge in [0.15, 0.2) is 15.7 Å². The molecule has 0 radical (unpaired) electrons. The molecule has 9 nitrogen and oxygen atoms in total. The molecule has 1 aliphatic carbocycles. The van der Waals surface area contributed by atoms with Gasteiger partial charge in [0.2, 0.25) is 5.91 Å². The van der Waals surface area contributed by atoms with Crippen molar-refractivity contribution in [3.8, 4) is 0 Å². The molecule has 2 amide bonds.